The zero-order valence-corrected chi connectivity index (χ0v) is 18.1. The number of hydrogen-bond acceptors (Lipinski definition) is 8. The second kappa shape index (κ2) is 10.1. The summed E-state index contributed by atoms with van der Waals surface area (Å²) in [6.07, 6.45) is -0.648. The van der Waals surface area contributed by atoms with Crippen LogP contribution >= 0.6 is 0 Å². The third-order valence-electron chi connectivity index (χ3n) is 5.41. The van der Waals surface area contributed by atoms with Gasteiger partial charge in [-0.3, -0.25) is 24.4 Å². The number of aliphatic carboxylic acids is 2. The number of nitrogens with one attached hydrogen (secondary N) is 1. The van der Waals surface area contributed by atoms with E-state index in [1.807, 2.05) is 0 Å². The van der Waals surface area contributed by atoms with E-state index in [0.29, 0.717) is 24.5 Å². The fourth-order valence-corrected chi connectivity index (χ4v) is 3.90. The highest BCUT2D eigenvalue weighted by Crippen LogP contribution is 2.21. The number of rotatable bonds is 8. The van der Waals surface area contributed by atoms with Gasteiger partial charge in [0.15, 0.2) is 0 Å². The van der Waals surface area contributed by atoms with Gasteiger partial charge in [0.1, 0.15) is 11.7 Å². The number of aromatic amines is 1. The maximum Gasteiger partial charge on any atom is 0.328 e. The highest BCUT2D eigenvalue weighted by molar-refractivity contribution is 5.96. The Labute approximate surface area is 189 Å². The van der Waals surface area contributed by atoms with Crippen LogP contribution in [0.3, 0.4) is 0 Å². The Bertz CT molecular complexity index is 1080. The first-order valence-corrected chi connectivity index (χ1v) is 10.4. The number of hydrazine groups is 1. The van der Waals surface area contributed by atoms with Crippen LogP contribution in [-0.4, -0.2) is 80.3 Å². The van der Waals surface area contributed by atoms with E-state index in [-0.39, 0.29) is 36.6 Å². The van der Waals surface area contributed by atoms with Gasteiger partial charge >= 0.3 is 11.9 Å². The van der Waals surface area contributed by atoms with E-state index in [1.54, 1.807) is 47.2 Å². The number of carboxylic acids is 2. The van der Waals surface area contributed by atoms with Crippen LogP contribution in [0.4, 0.5) is 11.6 Å². The zero-order valence-electron chi connectivity index (χ0n) is 18.1. The summed E-state index contributed by atoms with van der Waals surface area (Å²) in [5, 5.41) is 21.6. The Morgan fingerprint density at radius 1 is 1.15 bits per heavy atom. The third-order valence-corrected chi connectivity index (χ3v) is 5.41. The number of nitrogens with zero attached hydrogens (tertiary/aromatic N) is 4. The summed E-state index contributed by atoms with van der Waals surface area (Å²) < 4.78 is 0. The molecule has 1 atom stereocenters. The van der Waals surface area contributed by atoms with E-state index in [2.05, 4.69) is 9.97 Å². The van der Waals surface area contributed by atoms with Crippen LogP contribution in [0.1, 0.15) is 28.9 Å². The number of H-pyrrole nitrogens is 1. The number of amides is 1. The molecule has 1 aliphatic heterocycles. The summed E-state index contributed by atoms with van der Waals surface area (Å²) >= 11 is 0. The van der Waals surface area contributed by atoms with Crippen molar-refractivity contribution in [3.63, 3.8) is 0 Å². The lowest BCUT2D eigenvalue weighted by molar-refractivity contribution is -0.151. The minimum atomic E-state index is -1.36. The number of benzene rings is 1. The zero-order chi connectivity index (χ0) is 24.1. The second-order valence-corrected chi connectivity index (χ2v) is 7.63. The predicted molar refractivity (Wildman–Crippen MR) is 119 cm³/mol. The quantitative estimate of drug-likeness (QED) is 0.427. The van der Waals surface area contributed by atoms with Crippen molar-refractivity contribution in [3.8, 4) is 0 Å². The molecule has 0 bridgehead atoms. The van der Waals surface area contributed by atoms with E-state index in [1.165, 1.54) is 0 Å². The summed E-state index contributed by atoms with van der Waals surface area (Å²) in [5.41, 5.74) is 6.32. The summed E-state index contributed by atoms with van der Waals surface area (Å²) in [6, 6.07) is 6.86. The molecule has 0 saturated carbocycles. The standard InChI is InChI=1S/C21H26N6O6/c1-13-17(18(30)24-21(22)23-13)25-9-11-26(12-10-25)27(15(20(32)33)7-8-16(28)29)19(31)14-5-3-2-4-6-14/h2-6,15H,7-12H2,1H3,(H,28,29)(H,32,33)(H3,22,23,24,30)/t15-/m0/s1. The maximum absolute atomic E-state index is 13.3. The number of aromatic nitrogens is 2. The average Bonchev–Trinajstić information content (AvgIpc) is 2.76. The highest BCUT2D eigenvalue weighted by atomic mass is 16.4. The lowest BCUT2D eigenvalue weighted by Gasteiger charge is -2.43. The van der Waals surface area contributed by atoms with Crippen LogP contribution in [0.25, 0.3) is 0 Å². The van der Waals surface area contributed by atoms with Gasteiger partial charge in [0.05, 0.1) is 5.69 Å². The second-order valence-electron chi connectivity index (χ2n) is 7.63. The summed E-state index contributed by atoms with van der Waals surface area (Å²) in [4.78, 5) is 57.2. The number of carbonyl (C=O) groups is 3. The van der Waals surface area contributed by atoms with Gasteiger partial charge in [-0.25, -0.2) is 14.8 Å². The van der Waals surface area contributed by atoms with E-state index in [0.717, 1.165) is 5.01 Å². The summed E-state index contributed by atoms with van der Waals surface area (Å²) in [7, 11) is 0. The molecule has 12 heteroatoms. The Hall–Kier alpha value is -3.93. The Morgan fingerprint density at radius 3 is 2.33 bits per heavy atom. The van der Waals surface area contributed by atoms with Crippen molar-refractivity contribution >= 4 is 29.5 Å². The number of carboxylic acid groups (broad SMARTS) is 2. The SMILES string of the molecule is Cc1nc(N)[nH]c(=O)c1N1CCN(N(C(=O)c2ccccc2)[C@@H](CCC(=O)O)C(=O)O)CC1. The predicted octanol–water partition coefficient (Wildman–Crippen LogP) is 0.158. The van der Waals surface area contributed by atoms with E-state index in [4.69, 9.17) is 10.8 Å². The molecule has 1 aromatic heterocycles. The molecule has 2 aromatic rings. The monoisotopic (exact) mass is 458 g/mol. The summed E-state index contributed by atoms with van der Waals surface area (Å²) in [6.45, 7) is 2.78. The van der Waals surface area contributed by atoms with Crippen molar-refractivity contribution in [1.29, 1.82) is 0 Å². The number of aryl methyl sites for hydroxylation is 1. The fourth-order valence-electron chi connectivity index (χ4n) is 3.90. The molecule has 0 radical (unpaired) electrons. The number of nitrogens with two attached hydrogens (primary N) is 1. The number of hydrogen-bond donors (Lipinski definition) is 4. The van der Waals surface area contributed by atoms with Gasteiger partial charge in [-0.05, 0) is 25.5 Å². The first-order chi connectivity index (χ1) is 15.7. The third kappa shape index (κ3) is 5.47. The molecule has 1 aliphatic rings. The van der Waals surface area contributed by atoms with Crippen LogP contribution in [-0.2, 0) is 9.59 Å². The molecule has 1 fully saturated rings. The molecule has 2 heterocycles. The number of anilines is 2. The van der Waals surface area contributed by atoms with Crippen molar-refractivity contribution in [2.24, 2.45) is 0 Å². The van der Waals surface area contributed by atoms with Gasteiger partial charge in [0.2, 0.25) is 5.95 Å². The lowest BCUT2D eigenvalue weighted by Crippen LogP contribution is -2.61. The molecule has 12 nitrogen and oxygen atoms in total. The lowest BCUT2D eigenvalue weighted by atomic mass is 10.1. The van der Waals surface area contributed by atoms with Crippen LogP contribution in [0.2, 0.25) is 0 Å². The van der Waals surface area contributed by atoms with Gasteiger partial charge in [0, 0.05) is 38.2 Å². The van der Waals surface area contributed by atoms with Crippen LogP contribution in [0, 0.1) is 6.92 Å². The minimum absolute atomic E-state index is 0.0160. The van der Waals surface area contributed by atoms with Crippen LogP contribution < -0.4 is 16.2 Å². The van der Waals surface area contributed by atoms with Crippen molar-refractivity contribution < 1.29 is 24.6 Å². The molecule has 0 aliphatic carbocycles. The van der Waals surface area contributed by atoms with E-state index >= 15 is 0 Å². The summed E-state index contributed by atoms with van der Waals surface area (Å²) in [5.74, 6) is -2.96. The van der Waals surface area contributed by atoms with Crippen molar-refractivity contribution in [3.05, 3.63) is 51.9 Å². The first-order valence-electron chi connectivity index (χ1n) is 10.4. The van der Waals surface area contributed by atoms with Crippen LogP contribution in [0.15, 0.2) is 35.1 Å². The van der Waals surface area contributed by atoms with Gasteiger partial charge in [-0.1, -0.05) is 18.2 Å². The Morgan fingerprint density at radius 2 is 1.79 bits per heavy atom. The smallest absolute Gasteiger partial charge is 0.328 e. The molecule has 5 N–H and O–H groups in total. The molecule has 1 saturated heterocycles. The largest absolute Gasteiger partial charge is 0.481 e. The molecule has 0 unspecified atom stereocenters. The van der Waals surface area contributed by atoms with Gasteiger partial charge < -0.3 is 20.8 Å². The fraction of sp³-hybridized carbons (Fsp3) is 0.381. The van der Waals surface area contributed by atoms with Crippen molar-refractivity contribution in [2.45, 2.75) is 25.8 Å². The van der Waals surface area contributed by atoms with Gasteiger partial charge in [0.25, 0.3) is 11.5 Å². The molecule has 0 spiro atoms. The molecular formula is C21H26N6O6. The Balaban J connectivity index is 1.87. The molecule has 1 amide bonds. The van der Waals surface area contributed by atoms with Gasteiger partial charge in [-0.15, -0.1) is 0 Å². The van der Waals surface area contributed by atoms with E-state index in [9.17, 15) is 24.3 Å². The Kier molecular flexibility index (Phi) is 7.28. The van der Waals surface area contributed by atoms with Crippen molar-refractivity contribution in [1.82, 2.24) is 20.0 Å². The van der Waals surface area contributed by atoms with Crippen molar-refractivity contribution in [2.75, 3.05) is 36.8 Å². The molecular weight excluding hydrogens is 432 g/mol. The first kappa shape index (κ1) is 23.7. The number of piperazine rings is 1. The molecule has 1 aromatic carbocycles. The number of nitrogen functional groups attached to an aromatic ring is 1. The topological polar surface area (TPSA) is 173 Å². The number of carbonyl (C=O) groups excluding carboxylic acids is 1. The highest BCUT2D eigenvalue weighted by Gasteiger charge is 2.37. The average molecular weight is 458 g/mol. The minimum Gasteiger partial charge on any atom is -0.481 e. The molecule has 176 valence electrons. The molecule has 33 heavy (non-hydrogen) atoms. The normalized spacial score (nSPS) is 15.1. The molecule has 3 rings (SSSR count). The van der Waals surface area contributed by atoms with E-state index < -0.39 is 30.3 Å². The van der Waals surface area contributed by atoms with Gasteiger partial charge in [-0.2, -0.15) is 0 Å². The van der Waals surface area contributed by atoms with Crippen LogP contribution in [0.5, 0.6) is 0 Å². The maximum atomic E-state index is 13.3.